The Hall–Kier alpha value is -1.45. The van der Waals surface area contributed by atoms with E-state index in [9.17, 15) is 13.9 Å². The summed E-state index contributed by atoms with van der Waals surface area (Å²) in [5.41, 5.74) is 3.27. The molecule has 20 heavy (non-hydrogen) atoms. The maximum absolute atomic E-state index is 13.3. The normalized spacial score (nSPS) is 12.5. The van der Waals surface area contributed by atoms with Crippen molar-refractivity contribution in [3.8, 4) is 0 Å². The van der Waals surface area contributed by atoms with E-state index in [1.54, 1.807) is 0 Å². The largest absolute Gasteiger partial charge is 0.388 e. The molecule has 0 saturated heterocycles. The molecule has 0 aromatic heterocycles. The number of aryl methyl sites for hydroxylation is 2. The molecule has 4 heteroatoms. The molecule has 0 radical (unpaired) electrons. The molecule has 0 spiro atoms. The van der Waals surface area contributed by atoms with Gasteiger partial charge in [-0.05, 0) is 37.1 Å². The SMILES string of the molecule is Cc1ccc(C)c(CC(O)c2cc(F)c(F)cc2Cl)c1. The molecule has 0 aliphatic heterocycles. The molecular formula is C16H15ClF2O. The molecule has 0 aliphatic rings. The Kier molecular flexibility index (Phi) is 4.41. The third-order valence-corrected chi connectivity index (χ3v) is 3.64. The van der Waals surface area contributed by atoms with Crippen LogP contribution in [-0.2, 0) is 6.42 Å². The van der Waals surface area contributed by atoms with Crippen molar-refractivity contribution in [2.45, 2.75) is 26.4 Å². The van der Waals surface area contributed by atoms with Crippen LogP contribution in [0.25, 0.3) is 0 Å². The number of benzene rings is 2. The topological polar surface area (TPSA) is 20.2 Å². The van der Waals surface area contributed by atoms with E-state index in [4.69, 9.17) is 11.6 Å². The smallest absolute Gasteiger partial charge is 0.160 e. The van der Waals surface area contributed by atoms with Crippen LogP contribution < -0.4 is 0 Å². The predicted molar refractivity (Wildman–Crippen MR) is 75.9 cm³/mol. The van der Waals surface area contributed by atoms with Crippen molar-refractivity contribution in [1.82, 2.24) is 0 Å². The van der Waals surface area contributed by atoms with E-state index < -0.39 is 17.7 Å². The molecule has 1 atom stereocenters. The van der Waals surface area contributed by atoms with Crippen LogP contribution >= 0.6 is 11.6 Å². The second-order valence-corrected chi connectivity index (χ2v) is 5.34. The van der Waals surface area contributed by atoms with E-state index in [-0.39, 0.29) is 10.6 Å². The lowest BCUT2D eigenvalue weighted by Crippen LogP contribution is -2.05. The molecule has 2 rings (SSSR count). The minimum Gasteiger partial charge on any atom is -0.388 e. The number of hydrogen-bond acceptors (Lipinski definition) is 1. The van der Waals surface area contributed by atoms with Gasteiger partial charge in [-0.2, -0.15) is 0 Å². The highest BCUT2D eigenvalue weighted by molar-refractivity contribution is 6.31. The van der Waals surface area contributed by atoms with Gasteiger partial charge in [0.05, 0.1) is 6.10 Å². The Morgan fingerprint density at radius 3 is 2.45 bits per heavy atom. The average Bonchev–Trinajstić information content (AvgIpc) is 2.38. The zero-order valence-electron chi connectivity index (χ0n) is 11.3. The molecule has 1 unspecified atom stereocenters. The average molecular weight is 297 g/mol. The zero-order valence-corrected chi connectivity index (χ0v) is 12.0. The van der Waals surface area contributed by atoms with E-state index in [1.807, 2.05) is 32.0 Å². The van der Waals surface area contributed by atoms with Gasteiger partial charge in [0.15, 0.2) is 11.6 Å². The van der Waals surface area contributed by atoms with E-state index in [2.05, 4.69) is 0 Å². The number of halogens is 3. The van der Waals surface area contributed by atoms with E-state index in [0.29, 0.717) is 6.42 Å². The summed E-state index contributed by atoms with van der Waals surface area (Å²) in [5, 5.41) is 10.2. The Balaban J connectivity index is 2.30. The Bertz CT molecular complexity index is 641. The van der Waals surface area contributed by atoms with E-state index >= 15 is 0 Å². The van der Waals surface area contributed by atoms with Gasteiger partial charge in [-0.1, -0.05) is 35.4 Å². The van der Waals surface area contributed by atoms with Crippen molar-refractivity contribution in [2.24, 2.45) is 0 Å². The summed E-state index contributed by atoms with van der Waals surface area (Å²) < 4.78 is 26.3. The molecule has 1 N–H and O–H groups in total. The van der Waals surface area contributed by atoms with Crippen LogP contribution in [0.3, 0.4) is 0 Å². The zero-order chi connectivity index (χ0) is 14.9. The van der Waals surface area contributed by atoms with Crippen LogP contribution in [-0.4, -0.2) is 5.11 Å². The monoisotopic (exact) mass is 296 g/mol. The lowest BCUT2D eigenvalue weighted by atomic mass is 9.96. The third-order valence-electron chi connectivity index (χ3n) is 3.32. The van der Waals surface area contributed by atoms with Crippen LogP contribution in [0.2, 0.25) is 5.02 Å². The van der Waals surface area contributed by atoms with Crippen molar-refractivity contribution in [3.05, 3.63) is 69.2 Å². The van der Waals surface area contributed by atoms with Gasteiger partial charge in [0, 0.05) is 17.0 Å². The van der Waals surface area contributed by atoms with Gasteiger partial charge in [-0.25, -0.2) is 8.78 Å². The lowest BCUT2D eigenvalue weighted by Gasteiger charge is -2.15. The minimum absolute atomic E-state index is 0.0294. The summed E-state index contributed by atoms with van der Waals surface area (Å²) in [4.78, 5) is 0. The summed E-state index contributed by atoms with van der Waals surface area (Å²) in [6.45, 7) is 3.90. The molecule has 106 valence electrons. The summed E-state index contributed by atoms with van der Waals surface area (Å²) >= 11 is 5.87. The van der Waals surface area contributed by atoms with Crippen molar-refractivity contribution in [1.29, 1.82) is 0 Å². The van der Waals surface area contributed by atoms with Gasteiger partial charge >= 0.3 is 0 Å². The molecule has 0 heterocycles. The summed E-state index contributed by atoms with van der Waals surface area (Å²) in [6, 6.07) is 7.75. The van der Waals surface area contributed by atoms with Gasteiger partial charge < -0.3 is 5.11 Å². The number of aliphatic hydroxyl groups is 1. The quantitative estimate of drug-likeness (QED) is 0.826. The molecule has 0 saturated carbocycles. The van der Waals surface area contributed by atoms with Crippen molar-refractivity contribution >= 4 is 11.6 Å². The summed E-state index contributed by atoms with van der Waals surface area (Å²) in [5.74, 6) is -2.03. The fourth-order valence-corrected chi connectivity index (χ4v) is 2.41. The first-order chi connectivity index (χ1) is 9.38. The standard InChI is InChI=1S/C16H15ClF2O/c1-9-3-4-10(2)11(5-9)6-16(20)12-7-14(18)15(19)8-13(12)17/h3-5,7-8,16,20H,6H2,1-2H3. The van der Waals surface area contributed by atoms with Crippen LogP contribution in [0, 0.1) is 25.5 Å². The Morgan fingerprint density at radius 2 is 1.75 bits per heavy atom. The van der Waals surface area contributed by atoms with E-state index in [0.717, 1.165) is 28.8 Å². The van der Waals surface area contributed by atoms with Crippen molar-refractivity contribution in [2.75, 3.05) is 0 Å². The Morgan fingerprint density at radius 1 is 1.10 bits per heavy atom. The van der Waals surface area contributed by atoms with Gasteiger partial charge in [-0.15, -0.1) is 0 Å². The Labute approximate surface area is 121 Å². The van der Waals surface area contributed by atoms with Crippen LogP contribution in [0.4, 0.5) is 8.78 Å². The van der Waals surface area contributed by atoms with Crippen LogP contribution in [0.5, 0.6) is 0 Å². The van der Waals surface area contributed by atoms with Crippen molar-refractivity contribution < 1.29 is 13.9 Å². The fraction of sp³-hybridized carbons (Fsp3) is 0.250. The third kappa shape index (κ3) is 3.17. The van der Waals surface area contributed by atoms with Gasteiger partial charge in [0.1, 0.15) is 0 Å². The molecule has 2 aromatic rings. The minimum atomic E-state index is -1.02. The van der Waals surface area contributed by atoms with Crippen LogP contribution in [0.1, 0.15) is 28.4 Å². The maximum atomic E-state index is 13.3. The second kappa shape index (κ2) is 5.90. The molecule has 0 fully saturated rings. The molecule has 1 nitrogen and oxygen atoms in total. The number of hydrogen-bond donors (Lipinski definition) is 1. The van der Waals surface area contributed by atoms with Crippen LogP contribution in [0.15, 0.2) is 30.3 Å². The highest BCUT2D eigenvalue weighted by atomic mass is 35.5. The molecule has 0 amide bonds. The second-order valence-electron chi connectivity index (χ2n) is 4.94. The lowest BCUT2D eigenvalue weighted by molar-refractivity contribution is 0.177. The molecule has 0 aliphatic carbocycles. The first-order valence-electron chi connectivity index (χ1n) is 6.27. The van der Waals surface area contributed by atoms with E-state index in [1.165, 1.54) is 0 Å². The van der Waals surface area contributed by atoms with Crippen molar-refractivity contribution in [3.63, 3.8) is 0 Å². The molecule has 2 aromatic carbocycles. The van der Waals surface area contributed by atoms with Gasteiger partial charge in [0.25, 0.3) is 0 Å². The number of aliphatic hydroxyl groups excluding tert-OH is 1. The first kappa shape index (κ1) is 14.9. The van der Waals surface area contributed by atoms with Gasteiger partial charge in [0.2, 0.25) is 0 Å². The summed E-state index contributed by atoms with van der Waals surface area (Å²) in [6.07, 6.45) is -0.670. The summed E-state index contributed by atoms with van der Waals surface area (Å²) in [7, 11) is 0. The van der Waals surface area contributed by atoms with Gasteiger partial charge in [-0.3, -0.25) is 0 Å². The number of rotatable bonds is 3. The molecular weight excluding hydrogens is 282 g/mol. The highest BCUT2D eigenvalue weighted by Crippen LogP contribution is 2.29. The fourth-order valence-electron chi connectivity index (χ4n) is 2.13. The predicted octanol–water partition coefficient (Wildman–Crippen LogP) is 4.51. The first-order valence-corrected chi connectivity index (χ1v) is 6.65. The maximum Gasteiger partial charge on any atom is 0.160 e. The molecule has 0 bridgehead atoms. The highest BCUT2D eigenvalue weighted by Gasteiger charge is 2.17.